The van der Waals surface area contributed by atoms with Crippen LogP contribution in [0.4, 0.5) is 4.79 Å². The summed E-state index contributed by atoms with van der Waals surface area (Å²) >= 11 is 0. The second kappa shape index (κ2) is 7.85. The smallest absolute Gasteiger partial charge is 0.373 e. The number of nitrogens with one attached hydrogen (secondary N) is 1. The zero-order chi connectivity index (χ0) is 21.4. The van der Waals surface area contributed by atoms with Crippen LogP contribution in [-0.2, 0) is 16.1 Å². The molecule has 1 saturated heterocycles. The molecule has 4 rings (SSSR count). The molecule has 3 amide bonds. The van der Waals surface area contributed by atoms with E-state index in [0.29, 0.717) is 11.8 Å². The number of amides is 3. The fourth-order valence-electron chi connectivity index (χ4n) is 4.37. The summed E-state index contributed by atoms with van der Waals surface area (Å²) in [6, 6.07) is 5.04. The van der Waals surface area contributed by atoms with Crippen LogP contribution in [0.15, 0.2) is 28.3 Å². The van der Waals surface area contributed by atoms with Crippen molar-refractivity contribution >= 4 is 24.0 Å². The van der Waals surface area contributed by atoms with Crippen LogP contribution in [0.3, 0.4) is 0 Å². The van der Waals surface area contributed by atoms with Crippen molar-refractivity contribution < 1.29 is 23.5 Å². The minimum Gasteiger partial charge on any atom is -0.463 e. The molecule has 8 heteroatoms. The van der Waals surface area contributed by atoms with Gasteiger partial charge in [0.15, 0.2) is 0 Å². The number of nitrogens with zero attached hydrogens (tertiary/aromatic N) is 2. The number of methoxy groups -OCH3 is 1. The highest BCUT2D eigenvalue weighted by atomic mass is 16.5. The maximum atomic E-state index is 12.8. The Morgan fingerprint density at radius 2 is 2.00 bits per heavy atom. The summed E-state index contributed by atoms with van der Waals surface area (Å²) in [5.74, 6) is -0.701. The van der Waals surface area contributed by atoms with Gasteiger partial charge in [0.1, 0.15) is 11.5 Å². The van der Waals surface area contributed by atoms with Crippen molar-refractivity contribution in [3.05, 3.63) is 52.4 Å². The van der Waals surface area contributed by atoms with Crippen LogP contribution < -0.4 is 5.32 Å². The first-order chi connectivity index (χ1) is 14.4. The van der Waals surface area contributed by atoms with Gasteiger partial charge in [-0.1, -0.05) is 12.8 Å². The summed E-state index contributed by atoms with van der Waals surface area (Å²) in [5, 5.41) is 2.64. The van der Waals surface area contributed by atoms with Crippen LogP contribution in [-0.4, -0.2) is 34.5 Å². The van der Waals surface area contributed by atoms with E-state index in [-0.39, 0.29) is 18.0 Å². The first-order valence-corrected chi connectivity index (χ1v) is 10.1. The van der Waals surface area contributed by atoms with Crippen LogP contribution in [0.2, 0.25) is 0 Å². The minimum atomic E-state index is -0.614. The zero-order valence-electron chi connectivity index (χ0n) is 17.4. The van der Waals surface area contributed by atoms with Gasteiger partial charge in [-0.15, -0.1) is 0 Å². The summed E-state index contributed by atoms with van der Waals surface area (Å²) in [4.78, 5) is 37.8. The molecule has 0 radical (unpaired) electrons. The first-order valence-electron chi connectivity index (χ1n) is 10.1. The van der Waals surface area contributed by atoms with Crippen molar-refractivity contribution in [2.75, 3.05) is 7.11 Å². The van der Waals surface area contributed by atoms with Crippen molar-refractivity contribution in [3.8, 4) is 0 Å². The summed E-state index contributed by atoms with van der Waals surface area (Å²) < 4.78 is 12.3. The molecule has 3 heterocycles. The van der Waals surface area contributed by atoms with Gasteiger partial charge in [-0.25, -0.2) is 9.59 Å². The standard InChI is InChI=1S/C22H25N3O5/c1-13-10-15(14(2)25(13)16-6-4-5-7-16)11-18-20(26)24(22(28)23-18)12-17-8-9-19(30-17)21(27)29-3/h8-11,16H,4-7,12H2,1-3H3,(H,23,28). The van der Waals surface area contributed by atoms with Crippen molar-refractivity contribution in [3.63, 3.8) is 0 Å². The predicted octanol–water partition coefficient (Wildman–Crippen LogP) is 3.69. The molecular formula is C22H25N3O5. The van der Waals surface area contributed by atoms with Crippen LogP contribution in [0.1, 0.15) is 65.0 Å². The van der Waals surface area contributed by atoms with Crippen LogP contribution in [0, 0.1) is 13.8 Å². The van der Waals surface area contributed by atoms with E-state index in [4.69, 9.17) is 4.42 Å². The predicted molar refractivity (Wildman–Crippen MR) is 109 cm³/mol. The summed E-state index contributed by atoms with van der Waals surface area (Å²) in [7, 11) is 1.25. The van der Waals surface area contributed by atoms with E-state index in [1.54, 1.807) is 12.1 Å². The SMILES string of the molecule is COC(=O)c1ccc(CN2C(=O)NC(=Cc3cc(C)n(C4CCCC4)c3C)C2=O)o1. The van der Waals surface area contributed by atoms with Gasteiger partial charge in [0.05, 0.1) is 13.7 Å². The Morgan fingerprint density at radius 3 is 2.70 bits per heavy atom. The third-order valence-electron chi connectivity index (χ3n) is 5.84. The van der Waals surface area contributed by atoms with E-state index in [1.165, 1.54) is 38.9 Å². The normalized spacial score (nSPS) is 18.5. The van der Waals surface area contributed by atoms with E-state index in [1.807, 2.05) is 6.92 Å². The monoisotopic (exact) mass is 411 g/mol. The maximum Gasteiger partial charge on any atom is 0.373 e. The Kier molecular flexibility index (Phi) is 5.24. The Morgan fingerprint density at radius 1 is 1.27 bits per heavy atom. The lowest BCUT2D eigenvalue weighted by atomic mass is 10.2. The molecule has 2 aromatic heterocycles. The summed E-state index contributed by atoms with van der Waals surface area (Å²) in [5.41, 5.74) is 3.41. The van der Waals surface area contributed by atoms with Crippen molar-refractivity contribution in [1.82, 2.24) is 14.8 Å². The molecule has 2 aliphatic rings. The van der Waals surface area contributed by atoms with Gasteiger partial charge in [-0.3, -0.25) is 9.69 Å². The number of esters is 1. The van der Waals surface area contributed by atoms with Crippen molar-refractivity contribution in [2.24, 2.45) is 0 Å². The van der Waals surface area contributed by atoms with Gasteiger partial charge in [0, 0.05) is 17.4 Å². The number of hydrogen-bond donors (Lipinski definition) is 1. The highest BCUT2D eigenvalue weighted by molar-refractivity contribution is 6.13. The van der Waals surface area contributed by atoms with E-state index >= 15 is 0 Å². The van der Waals surface area contributed by atoms with Crippen molar-refractivity contribution in [1.29, 1.82) is 0 Å². The molecule has 8 nitrogen and oxygen atoms in total. The summed E-state index contributed by atoms with van der Waals surface area (Å²) in [6.45, 7) is 4.05. The average Bonchev–Trinajstić information content (AvgIpc) is 3.49. The first kappa shape index (κ1) is 20.0. The van der Waals surface area contributed by atoms with Gasteiger partial charge in [0.25, 0.3) is 5.91 Å². The lowest BCUT2D eigenvalue weighted by molar-refractivity contribution is -0.123. The van der Waals surface area contributed by atoms with Crippen molar-refractivity contribution in [2.45, 2.75) is 52.1 Å². The highest BCUT2D eigenvalue weighted by Crippen LogP contribution is 2.34. The van der Waals surface area contributed by atoms with Crippen LogP contribution in [0.5, 0.6) is 0 Å². The van der Waals surface area contributed by atoms with E-state index in [9.17, 15) is 14.4 Å². The second-order valence-electron chi connectivity index (χ2n) is 7.77. The Labute approximate surface area is 174 Å². The maximum absolute atomic E-state index is 12.8. The van der Waals surface area contributed by atoms with E-state index in [2.05, 4.69) is 27.6 Å². The topological polar surface area (TPSA) is 93.8 Å². The lowest BCUT2D eigenvalue weighted by Gasteiger charge is -2.17. The fourth-order valence-corrected chi connectivity index (χ4v) is 4.37. The van der Waals surface area contributed by atoms with Gasteiger partial charge < -0.3 is 19.0 Å². The minimum absolute atomic E-state index is 0.0228. The quantitative estimate of drug-likeness (QED) is 0.460. The number of rotatable bonds is 5. The van der Waals surface area contributed by atoms with Crippen LogP contribution >= 0.6 is 0 Å². The van der Waals surface area contributed by atoms with E-state index in [0.717, 1.165) is 21.9 Å². The molecule has 1 aliphatic carbocycles. The third-order valence-corrected chi connectivity index (χ3v) is 5.84. The number of aromatic nitrogens is 1. The third kappa shape index (κ3) is 3.53. The molecule has 0 spiro atoms. The number of ether oxygens (including phenoxy) is 1. The Balaban J connectivity index is 1.54. The van der Waals surface area contributed by atoms with Gasteiger partial charge in [-0.05, 0) is 56.5 Å². The Bertz CT molecular complexity index is 1040. The number of imide groups is 1. The number of urea groups is 1. The largest absolute Gasteiger partial charge is 0.463 e. The number of carbonyl (C=O) groups is 3. The average molecular weight is 411 g/mol. The molecule has 0 unspecified atom stereocenters. The molecule has 0 bridgehead atoms. The molecule has 2 aromatic rings. The number of furan rings is 1. The van der Waals surface area contributed by atoms with Gasteiger partial charge in [0.2, 0.25) is 5.76 Å². The molecule has 0 atom stereocenters. The Hall–Kier alpha value is -3.29. The van der Waals surface area contributed by atoms with E-state index < -0.39 is 17.9 Å². The molecule has 30 heavy (non-hydrogen) atoms. The molecule has 1 saturated carbocycles. The molecule has 158 valence electrons. The second-order valence-corrected chi connectivity index (χ2v) is 7.77. The fraction of sp³-hybridized carbons (Fsp3) is 0.409. The number of aryl methyl sites for hydroxylation is 1. The molecular weight excluding hydrogens is 386 g/mol. The van der Waals surface area contributed by atoms with Gasteiger partial charge >= 0.3 is 12.0 Å². The number of carbonyl (C=O) groups excluding carboxylic acids is 3. The molecule has 0 aromatic carbocycles. The zero-order valence-corrected chi connectivity index (χ0v) is 17.4. The summed E-state index contributed by atoms with van der Waals surface area (Å²) in [6.07, 6.45) is 6.56. The van der Waals surface area contributed by atoms with Crippen LogP contribution in [0.25, 0.3) is 6.08 Å². The molecule has 1 aliphatic heterocycles. The molecule has 2 fully saturated rings. The number of hydrogen-bond acceptors (Lipinski definition) is 5. The molecule has 1 N–H and O–H groups in total. The highest BCUT2D eigenvalue weighted by Gasteiger charge is 2.34. The lowest BCUT2D eigenvalue weighted by Crippen LogP contribution is -2.30. The van der Waals surface area contributed by atoms with Gasteiger partial charge in [-0.2, -0.15) is 0 Å².